The van der Waals surface area contributed by atoms with Gasteiger partial charge in [-0.15, -0.1) is 0 Å². The van der Waals surface area contributed by atoms with Gasteiger partial charge in [0.2, 0.25) is 0 Å². The summed E-state index contributed by atoms with van der Waals surface area (Å²) >= 11 is 0. The molecule has 0 unspecified atom stereocenters. The average molecular weight is 983 g/mol. The smallest absolute Gasteiger partial charge is 0.179 e. The minimum absolute atomic E-state index is 0.491. The third-order valence-electron chi connectivity index (χ3n) is 16.5. The van der Waals surface area contributed by atoms with Crippen molar-refractivity contribution in [2.24, 2.45) is 0 Å². The first-order chi connectivity index (χ1) is 37.7. The lowest BCUT2D eigenvalue weighted by Gasteiger charge is -2.34. The van der Waals surface area contributed by atoms with Gasteiger partial charge in [-0.25, -0.2) is 0 Å². The molecule has 0 spiro atoms. The minimum Gasteiger partial charge on any atom is -0.307 e. The molecule has 0 saturated heterocycles. The first-order valence-corrected chi connectivity index (χ1v) is 28.4. The van der Waals surface area contributed by atoms with Gasteiger partial charge in [-0.3, -0.25) is 0 Å². The number of aromatic nitrogens is 2. The molecule has 12 aromatic carbocycles. The molecule has 14 aromatic rings. The van der Waals surface area contributed by atoms with E-state index in [1.807, 2.05) is 0 Å². The molecule has 0 saturated carbocycles. The van der Waals surface area contributed by atoms with Crippen LogP contribution < -0.4 is 20.7 Å². The first-order valence-electron chi connectivity index (χ1n) is 26.4. The van der Waals surface area contributed by atoms with Crippen LogP contribution >= 0.6 is 0 Å². The maximum absolute atomic E-state index is 2.85. The van der Waals surface area contributed by atoms with Crippen LogP contribution in [0.25, 0.3) is 77.2 Å². The van der Waals surface area contributed by atoms with Gasteiger partial charge in [0.15, 0.2) is 8.07 Å². The summed E-state index contributed by atoms with van der Waals surface area (Å²) in [5, 5.41) is 10.3. The summed E-state index contributed by atoms with van der Waals surface area (Å²) in [6.07, 6.45) is 0. The molecule has 0 atom stereocenters. The van der Waals surface area contributed by atoms with Crippen molar-refractivity contribution in [1.29, 1.82) is 0 Å². The Morgan fingerprint density at radius 3 is 1.38 bits per heavy atom. The summed E-state index contributed by atoms with van der Waals surface area (Å²) in [5.41, 5.74) is 16.6. The highest BCUT2D eigenvalue weighted by Gasteiger charge is 2.46. The molecule has 0 fully saturated rings. The number of hydrogen-bond donors (Lipinski definition) is 0. The van der Waals surface area contributed by atoms with E-state index in [2.05, 4.69) is 312 Å². The Labute approximate surface area is 443 Å². The minimum atomic E-state index is -2.85. The highest BCUT2D eigenvalue weighted by Crippen LogP contribution is 2.57. The Kier molecular flexibility index (Phi) is 10.2. The van der Waals surface area contributed by atoms with E-state index < -0.39 is 13.5 Å². The second kappa shape index (κ2) is 17.6. The summed E-state index contributed by atoms with van der Waals surface area (Å²) in [5.74, 6) is 0. The summed E-state index contributed by atoms with van der Waals surface area (Å²) < 4.78 is 5.08. The molecule has 2 heterocycles. The van der Waals surface area contributed by atoms with Crippen molar-refractivity contribution in [2.45, 2.75) is 5.41 Å². The molecule has 0 aliphatic heterocycles. The predicted molar refractivity (Wildman–Crippen MR) is 321 cm³/mol. The summed E-state index contributed by atoms with van der Waals surface area (Å²) in [7, 11) is -2.85. The summed E-state index contributed by atoms with van der Waals surface area (Å²) in [6, 6.07) is 114. The van der Waals surface area contributed by atoms with Crippen LogP contribution in [-0.2, 0) is 5.41 Å². The van der Waals surface area contributed by atoms with E-state index in [-0.39, 0.29) is 0 Å². The van der Waals surface area contributed by atoms with Crippen molar-refractivity contribution in [2.75, 3.05) is 0 Å². The zero-order chi connectivity index (χ0) is 50.2. The molecule has 2 aromatic heterocycles. The van der Waals surface area contributed by atoms with Gasteiger partial charge in [0.25, 0.3) is 0 Å². The summed E-state index contributed by atoms with van der Waals surface area (Å²) in [6.45, 7) is 0. The fourth-order valence-corrected chi connectivity index (χ4v) is 18.2. The van der Waals surface area contributed by atoms with Crippen LogP contribution in [0, 0.1) is 0 Å². The monoisotopic (exact) mass is 982 g/mol. The van der Waals surface area contributed by atoms with Crippen molar-refractivity contribution >= 4 is 72.4 Å². The van der Waals surface area contributed by atoms with Crippen LogP contribution in [0.2, 0.25) is 0 Å². The van der Waals surface area contributed by atoms with E-state index in [4.69, 9.17) is 0 Å². The third-order valence-corrected chi connectivity index (χ3v) is 21.3. The number of nitrogens with zero attached hydrogens (tertiary/aromatic N) is 2. The molecule has 0 amide bonds. The standard InChI is InChI=1S/C73H50N2Si/c1-6-24-53(25-7-1)73(54-26-8-2-9-27-54)66-40-19-16-36-60(66)61-46-44-51(48-67(61)73)52-45-47-64-62-37-17-21-42-69(62)75(71(64)49-52)70-43-23-39-65-63-38-18-20-41-68(63)74(72(65)70)55-28-22-35-59(50-55)76(56-29-10-3-11-30-56,57-31-12-4-13-32-57)58-33-14-5-15-34-58/h1-50H. The second-order valence-electron chi connectivity index (χ2n) is 20.3. The van der Waals surface area contributed by atoms with E-state index in [1.165, 1.54) is 109 Å². The SMILES string of the molecule is c1ccc(C2(c3ccccc3)c3ccccc3-c3ccc(-c4ccc5c6ccccc6n(-c6cccc7c8ccccc8n(-c8cccc([Si](c9ccccc9)(c9ccccc9)c9ccccc9)c8)c67)c5c4)cc32)cc1. The molecule has 15 rings (SSSR count). The van der Waals surface area contributed by atoms with Gasteiger partial charge in [0, 0.05) is 27.2 Å². The van der Waals surface area contributed by atoms with Crippen LogP contribution in [0.4, 0.5) is 0 Å². The molecule has 2 nitrogen and oxygen atoms in total. The number of para-hydroxylation sites is 3. The first kappa shape index (κ1) is 44.0. The van der Waals surface area contributed by atoms with Crippen LogP contribution in [0.5, 0.6) is 0 Å². The van der Waals surface area contributed by atoms with Crippen molar-refractivity contribution in [3.63, 3.8) is 0 Å². The van der Waals surface area contributed by atoms with Gasteiger partial charge >= 0.3 is 0 Å². The van der Waals surface area contributed by atoms with Gasteiger partial charge < -0.3 is 9.13 Å². The lowest BCUT2D eigenvalue weighted by Crippen LogP contribution is -2.74. The van der Waals surface area contributed by atoms with Gasteiger partial charge in [-0.2, -0.15) is 0 Å². The molecular formula is C73H50N2Si. The molecule has 356 valence electrons. The van der Waals surface area contributed by atoms with Crippen molar-refractivity contribution in [3.05, 3.63) is 326 Å². The van der Waals surface area contributed by atoms with Crippen LogP contribution in [0.3, 0.4) is 0 Å². The Bertz CT molecular complexity index is 4360. The molecule has 3 heteroatoms. The number of hydrogen-bond acceptors (Lipinski definition) is 0. The zero-order valence-corrected chi connectivity index (χ0v) is 42.8. The van der Waals surface area contributed by atoms with Crippen molar-refractivity contribution < 1.29 is 0 Å². The largest absolute Gasteiger partial charge is 0.307 e. The molecule has 1 aliphatic carbocycles. The van der Waals surface area contributed by atoms with Crippen LogP contribution in [-0.4, -0.2) is 17.2 Å². The van der Waals surface area contributed by atoms with Gasteiger partial charge in [0.05, 0.1) is 33.2 Å². The average Bonchev–Trinajstić information content (AvgIpc) is 4.31. The quantitative estimate of drug-likeness (QED) is 0.101. The Morgan fingerprint density at radius 1 is 0.276 bits per heavy atom. The maximum Gasteiger partial charge on any atom is 0.179 e. The lowest BCUT2D eigenvalue weighted by molar-refractivity contribution is 0.769. The van der Waals surface area contributed by atoms with Gasteiger partial charge in [-0.1, -0.05) is 261 Å². The van der Waals surface area contributed by atoms with Crippen LogP contribution in [0.15, 0.2) is 303 Å². The second-order valence-corrected chi connectivity index (χ2v) is 24.1. The number of benzene rings is 12. The Hall–Kier alpha value is -9.54. The molecular weight excluding hydrogens is 933 g/mol. The number of rotatable bonds is 9. The van der Waals surface area contributed by atoms with E-state index in [0.29, 0.717) is 0 Å². The van der Waals surface area contributed by atoms with E-state index in [1.54, 1.807) is 0 Å². The topological polar surface area (TPSA) is 9.86 Å². The fourth-order valence-electron chi connectivity index (χ4n) is 13.4. The zero-order valence-electron chi connectivity index (χ0n) is 41.8. The molecule has 0 N–H and O–H groups in total. The van der Waals surface area contributed by atoms with Gasteiger partial charge in [-0.05, 0) is 108 Å². The summed E-state index contributed by atoms with van der Waals surface area (Å²) in [4.78, 5) is 0. The van der Waals surface area contributed by atoms with Crippen molar-refractivity contribution in [3.8, 4) is 33.6 Å². The molecule has 1 aliphatic rings. The van der Waals surface area contributed by atoms with Gasteiger partial charge in [0.1, 0.15) is 0 Å². The maximum atomic E-state index is 2.54. The Morgan fingerprint density at radius 2 is 0.737 bits per heavy atom. The molecule has 0 radical (unpaired) electrons. The molecule has 0 bridgehead atoms. The van der Waals surface area contributed by atoms with E-state index in [0.717, 1.165) is 11.4 Å². The number of fused-ring (bicyclic) bond motifs is 9. The Balaban J connectivity index is 0.972. The highest BCUT2D eigenvalue weighted by molar-refractivity contribution is 7.19. The van der Waals surface area contributed by atoms with E-state index in [9.17, 15) is 0 Å². The molecule has 76 heavy (non-hydrogen) atoms. The normalized spacial score (nSPS) is 12.8. The van der Waals surface area contributed by atoms with Crippen LogP contribution in [0.1, 0.15) is 22.3 Å². The van der Waals surface area contributed by atoms with E-state index >= 15 is 0 Å². The third kappa shape index (κ3) is 6.40. The van der Waals surface area contributed by atoms with Crippen molar-refractivity contribution in [1.82, 2.24) is 9.13 Å². The fraction of sp³-hybridized carbons (Fsp3) is 0.0137. The predicted octanol–water partition coefficient (Wildman–Crippen LogP) is 15.3. The lowest BCUT2D eigenvalue weighted by atomic mass is 9.67. The highest BCUT2D eigenvalue weighted by atomic mass is 28.3.